The van der Waals surface area contributed by atoms with Gasteiger partial charge in [-0.2, -0.15) is 0 Å². The molecule has 0 spiro atoms. The Balaban J connectivity index is 4.25. The predicted molar refractivity (Wildman–Crippen MR) is 315 cm³/mol. The molecule has 0 saturated carbocycles. The summed E-state index contributed by atoms with van der Waals surface area (Å²) in [6.07, 6.45) is 75.3. The highest BCUT2D eigenvalue weighted by molar-refractivity contribution is 5.70. The zero-order valence-corrected chi connectivity index (χ0v) is 48.4. The van der Waals surface area contributed by atoms with E-state index in [1.165, 1.54) is 57.8 Å². The van der Waals surface area contributed by atoms with Crippen LogP contribution in [-0.2, 0) is 33.3 Å². The fourth-order valence-electron chi connectivity index (χ4n) is 7.71. The maximum atomic E-state index is 12.9. The van der Waals surface area contributed by atoms with Crippen LogP contribution in [0.2, 0.25) is 0 Å². The number of rotatable bonds is 53. The second kappa shape index (κ2) is 55.9. The Morgan fingerprint density at radius 1 is 0.400 bits per heavy atom. The molecule has 0 aromatic heterocycles. The Bertz CT molecular complexity index is 1640. The molecule has 0 amide bonds. The number of carboxylic acids is 1. The van der Waals surface area contributed by atoms with E-state index in [4.69, 9.17) is 18.9 Å². The Hall–Kier alpha value is -4.31. The summed E-state index contributed by atoms with van der Waals surface area (Å²) in [4.78, 5) is 37.3. The molecule has 0 rings (SSSR count). The highest BCUT2D eigenvalue weighted by Crippen LogP contribution is 2.15. The number of ether oxygens (including phenoxy) is 4. The molecule has 0 aliphatic carbocycles. The Labute approximate surface area is 459 Å². The smallest absolute Gasteiger partial charge is 0.306 e. The molecule has 0 radical (unpaired) electrons. The highest BCUT2D eigenvalue weighted by atomic mass is 16.7. The molecule has 0 saturated heterocycles. The van der Waals surface area contributed by atoms with Crippen molar-refractivity contribution in [1.82, 2.24) is 0 Å². The van der Waals surface area contributed by atoms with Crippen LogP contribution in [0.25, 0.3) is 0 Å². The molecule has 0 bridgehead atoms. The number of aliphatic carboxylic acids is 1. The number of nitrogens with zero attached hydrogens (tertiary/aromatic N) is 1. The molecule has 2 unspecified atom stereocenters. The number of allylic oxidation sites excluding steroid dienone is 20. The number of hydrogen-bond donors (Lipinski definition) is 0. The second-order valence-corrected chi connectivity index (χ2v) is 20.5. The van der Waals surface area contributed by atoms with E-state index in [0.29, 0.717) is 17.4 Å². The third-order valence-electron chi connectivity index (χ3n) is 12.2. The lowest BCUT2D eigenvalue weighted by molar-refractivity contribution is -0.870. The number of carboxylic acid groups (broad SMARTS) is 1. The van der Waals surface area contributed by atoms with E-state index < -0.39 is 24.3 Å². The van der Waals surface area contributed by atoms with Crippen LogP contribution in [0.15, 0.2) is 122 Å². The lowest BCUT2D eigenvalue weighted by atomic mass is 10.0. The summed E-state index contributed by atoms with van der Waals surface area (Å²) in [5.74, 6) is -2.31. The van der Waals surface area contributed by atoms with Crippen molar-refractivity contribution in [2.75, 3.05) is 47.5 Å². The van der Waals surface area contributed by atoms with Crippen molar-refractivity contribution in [2.24, 2.45) is 0 Å². The molecular formula is C66H109NO8. The second-order valence-electron chi connectivity index (χ2n) is 20.5. The summed E-state index contributed by atoms with van der Waals surface area (Å²) in [5.41, 5.74) is 0. The van der Waals surface area contributed by atoms with E-state index in [9.17, 15) is 19.5 Å². The Morgan fingerprint density at radius 2 is 0.720 bits per heavy atom. The van der Waals surface area contributed by atoms with Crippen molar-refractivity contribution in [3.63, 3.8) is 0 Å². The van der Waals surface area contributed by atoms with E-state index in [1.807, 2.05) is 21.1 Å². The van der Waals surface area contributed by atoms with E-state index in [1.54, 1.807) is 0 Å². The number of carbonyl (C=O) groups is 3. The zero-order chi connectivity index (χ0) is 54.8. The Morgan fingerprint density at radius 3 is 1.07 bits per heavy atom. The average molecular weight is 1040 g/mol. The third-order valence-corrected chi connectivity index (χ3v) is 12.2. The van der Waals surface area contributed by atoms with Gasteiger partial charge in [0.2, 0.25) is 0 Å². The largest absolute Gasteiger partial charge is 0.545 e. The van der Waals surface area contributed by atoms with Gasteiger partial charge in [0.25, 0.3) is 0 Å². The lowest BCUT2D eigenvalue weighted by Gasteiger charge is -2.26. The van der Waals surface area contributed by atoms with Crippen LogP contribution in [0.4, 0.5) is 0 Å². The van der Waals surface area contributed by atoms with Crippen LogP contribution in [-0.4, -0.2) is 82.3 Å². The first-order valence-corrected chi connectivity index (χ1v) is 29.7. The predicted octanol–water partition coefficient (Wildman–Crippen LogP) is 16.3. The summed E-state index contributed by atoms with van der Waals surface area (Å²) >= 11 is 0. The topological polar surface area (TPSA) is 111 Å². The van der Waals surface area contributed by atoms with Crippen LogP contribution in [0.3, 0.4) is 0 Å². The zero-order valence-electron chi connectivity index (χ0n) is 48.4. The Kier molecular flexibility index (Phi) is 52.7. The van der Waals surface area contributed by atoms with Crippen molar-refractivity contribution in [2.45, 2.75) is 232 Å². The molecule has 0 N–H and O–H groups in total. The van der Waals surface area contributed by atoms with Crippen molar-refractivity contribution >= 4 is 17.9 Å². The van der Waals surface area contributed by atoms with Gasteiger partial charge in [-0.25, -0.2) is 0 Å². The summed E-state index contributed by atoms with van der Waals surface area (Å²) in [6, 6.07) is 0. The van der Waals surface area contributed by atoms with E-state index in [0.717, 1.165) is 128 Å². The number of esters is 2. The maximum absolute atomic E-state index is 12.9. The number of carbonyl (C=O) groups excluding carboxylic acids is 3. The first-order chi connectivity index (χ1) is 36.6. The molecule has 0 aromatic carbocycles. The molecule has 0 fully saturated rings. The van der Waals surface area contributed by atoms with Crippen LogP contribution in [0.1, 0.15) is 219 Å². The highest BCUT2D eigenvalue weighted by Gasteiger charge is 2.22. The van der Waals surface area contributed by atoms with Crippen LogP contribution >= 0.6 is 0 Å². The summed E-state index contributed by atoms with van der Waals surface area (Å²) in [7, 11) is 5.91. The summed E-state index contributed by atoms with van der Waals surface area (Å²) in [6.45, 7) is 4.49. The van der Waals surface area contributed by atoms with Gasteiger partial charge in [-0.3, -0.25) is 9.59 Å². The monoisotopic (exact) mass is 1040 g/mol. The first-order valence-electron chi connectivity index (χ1n) is 29.7. The van der Waals surface area contributed by atoms with Gasteiger partial charge in [-0.15, -0.1) is 0 Å². The number of likely N-dealkylation sites (N-methyl/N-ethyl adjacent to an activating group) is 1. The fraction of sp³-hybridized carbons (Fsp3) is 0.652. The van der Waals surface area contributed by atoms with Crippen molar-refractivity contribution in [1.29, 1.82) is 0 Å². The standard InChI is InChI=1S/C66H109NO8/c1-6-8-10-12-14-16-18-20-22-24-26-27-28-29-30-31-32-33-34-35-36-37-39-41-43-45-47-49-51-53-55-57-64(69)75-62(61-74-66(65(70)71)72-59-58-67(3,4)5)60-73-63(68)56-54-52-50-48-46-44-42-40-38-25-23-21-19-17-15-13-11-9-7-2/h8-11,14-17,20-23,26-27,29-30,32-33,38,40,62,66H,6-7,12-13,18-19,24-25,28,31,34-37,39,41-61H2,1-5H3/b10-8-,11-9-,16-14-,17-15-,22-20-,23-21-,27-26-,30-29-,33-32-,40-38-. The maximum Gasteiger partial charge on any atom is 0.306 e. The van der Waals surface area contributed by atoms with Gasteiger partial charge in [0.15, 0.2) is 12.4 Å². The van der Waals surface area contributed by atoms with Gasteiger partial charge in [0.05, 0.1) is 40.3 Å². The van der Waals surface area contributed by atoms with Crippen molar-refractivity contribution in [3.8, 4) is 0 Å². The average Bonchev–Trinajstić information content (AvgIpc) is 3.38. The minimum atomic E-state index is -1.63. The van der Waals surface area contributed by atoms with Crippen LogP contribution in [0, 0.1) is 0 Å². The van der Waals surface area contributed by atoms with Crippen molar-refractivity contribution in [3.05, 3.63) is 122 Å². The van der Waals surface area contributed by atoms with Gasteiger partial charge in [-0.05, 0) is 103 Å². The number of hydrogen-bond acceptors (Lipinski definition) is 8. The number of quaternary nitrogens is 1. The first kappa shape index (κ1) is 70.7. The quantitative estimate of drug-likeness (QED) is 0.0195. The van der Waals surface area contributed by atoms with E-state index in [-0.39, 0.29) is 38.6 Å². The minimum Gasteiger partial charge on any atom is -0.545 e. The lowest BCUT2D eigenvalue weighted by Crippen LogP contribution is -2.44. The van der Waals surface area contributed by atoms with Gasteiger partial charge in [0.1, 0.15) is 13.2 Å². The molecular weight excluding hydrogens is 935 g/mol. The van der Waals surface area contributed by atoms with E-state index in [2.05, 4.69) is 135 Å². The number of unbranched alkanes of at least 4 members (excludes halogenated alkanes) is 18. The molecule has 9 nitrogen and oxygen atoms in total. The summed E-state index contributed by atoms with van der Waals surface area (Å²) < 4.78 is 22.7. The van der Waals surface area contributed by atoms with Gasteiger partial charge in [0, 0.05) is 12.8 Å². The van der Waals surface area contributed by atoms with Crippen LogP contribution in [0.5, 0.6) is 0 Å². The third kappa shape index (κ3) is 57.2. The molecule has 0 aliphatic rings. The van der Waals surface area contributed by atoms with Gasteiger partial charge < -0.3 is 33.3 Å². The molecule has 75 heavy (non-hydrogen) atoms. The van der Waals surface area contributed by atoms with Gasteiger partial charge in [-0.1, -0.05) is 225 Å². The molecule has 426 valence electrons. The fourth-order valence-corrected chi connectivity index (χ4v) is 7.71. The minimum absolute atomic E-state index is 0.139. The molecule has 0 aliphatic heterocycles. The summed E-state index contributed by atoms with van der Waals surface area (Å²) in [5, 5.41) is 11.8. The molecule has 9 heteroatoms. The molecule has 0 heterocycles. The molecule has 2 atom stereocenters. The van der Waals surface area contributed by atoms with Crippen LogP contribution < -0.4 is 5.11 Å². The van der Waals surface area contributed by atoms with Crippen molar-refractivity contribution < 1.29 is 42.9 Å². The van der Waals surface area contributed by atoms with Gasteiger partial charge >= 0.3 is 11.9 Å². The SMILES string of the molecule is CC/C=C\C/C=C\C/C=C\C/C=C\C/C=C\C/C=C\CCCCCCCCCCCCCCC(=O)OC(COC(=O)CCCCCCCC/C=C\C/C=C\C/C=C\C/C=C\CC)COC(OCC[N+](C)(C)C)C(=O)[O-]. The van der Waals surface area contributed by atoms with E-state index >= 15 is 0 Å². The normalized spacial score (nSPS) is 13.7. The molecule has 0 aromatic rings.